The van der Waals surface area contributed by atoms with E-state index in [9.17, 15) is 4.79 Å². The topological polar surface area (TPSA) is 49.8 Å². The monoisotopic (exact) mass is 249 g/mol. The van der Waals surface area contributed by atoms with Crippen molar-refractivity contribution in [3.63, 3.8) is 0 Å². The molecule has 1 aromatic rings. The fraction of sp³-hybridized carbons (Fsp3) is 0.500. The quantitative estimate of drug-likeness (QED) is 0.892. The summed E-state index contributed by atoms with van der Waals surface area (Å²) in [4.78, 5) is 13.0. The second-order valence-electron chi connectivity index (χ2n) is 5.41. The molecule has 1 heterocycles. The number of carboxylic acid groups (broad SMARTS) is 1. The van der Waals surface area contributed by atoms with Gasteiger partial charge in [0.25, 0.3) is 0 Å². The first-order valence-electron chi connectivity index (χ1n) is 6.10. The predicted molar refractivity (Wildman–Crippen MR) is 70.5 cm³/mol. The van der Waals surface area contributed by atoms with E-state index < -0.39 is 5.97 Å². The summed E-state index contributed by atoms with van der Waals surface area (Å²) in [7, 11) is 2.03. The highest BCUT2D eigenvalue weighted by Crippen LogP contribution is 2.36. The number of carboxylic acids is 1. The van der Waals surface area contributed by atoms with Crippen LogP contribution in [0.15, 0.2) is 18.2 Å². The molecule has 0 fully saturated rings. The number of nitrogens with zero attached hydrogens (tertiary/aromatic N) is 1. The van der Waals surface area contributed by atoms with Gasteiger partial charge in [0, 0.05) is 12.5 Å². The van der Waals surface area contributed by atoms with Crippen LogP contribution in [-0.2, 0) is 10.2 Å². The number of hydrogen-bond donors (Lipinski definition) is 1. The van der Waals surface area contributed by atoms with Crippen molar-refractivity contribution in [3.8, 4) is 5.75 Å². The van der Waals surface area contributed by atoms with E-state index in [4.69, 9.17) is 9.84 Å². The summed E-state index contributed by atoms with van der Waals surface area (Å²) in [5.74, 6) is 0.0653. The molecule has 0 aliphatic carbocycles. The van der Waals surface area contributed by atoms with Crippen LogP contribution in [0.5, 0.6) is 5.75 Å². The number of rotatable bonds is 3. The summed E-state index contributed by atoms with van der Waals surface area (Å²) >= 11 is 0. The molecule has 0 radical (unpaired) electrons. The van der Waals surface area contributed by atoms with Crippen molar-refractivity contribution in [2.45, 2.75) is 25.7 Å². The SMILES string of the molecule is CN1CCOc2cc(C(C)(C)CC(=O)O)ccc21. The Morgan fingerprint density at radius 3 is 2.89 bits per heavy atom. The molecule has 0 saturated heterocycles. The van der Waals surface area contributed by atoms with Gasteiger partial charge in [-0.3, -0.25) is 4.79 Å². The van der Waals surface area contributed by atoms with Crippen molar-refractivity contribution in [3.05, 3.63) is 23.8 Å². The Hall–Kier alpha value is -1.71. The molecular weight excluding hydrogens is 230 g/mol. The van der Waals surface area contributed by atoms with Crippen LogP contribution < -0.4 is 9.64 Å². The minimum Gasteiger partial charge on any atom is -0.490 e. The number of likely N-dealkylation sites (N-methyl/N-ethyl adjacent to an activating group) is 1. The maximum atomic E-state index is 10.9. The molecule has 0 atom stereocenters. The number of ether oxygens (including phenoxy) is 1. The lowest BCUT2D eigenvalue weighted by atomic mass is 9.81. The van der Waals surface area contributed by atoms with Crippen molar-refractivity contribution in [1.82, 2.24) is 0 Å². The van der Waals surface area contributed by atoms with Crippen LogP contribution in [-0.4, -0.2) is 31.3 Å². The molecule has 4 heteroatoms. The lowest BCUT2D eigenvalue weighted by Crippen LogP contribution is -2.29. The average Bonchev–Trinajstić information content (AvgIpc) is 2.27. The molecule has 2 rings (SSSR count). The third-order valence-electron chi connectivity index (χ3n) is 3.43. The van der Waals surface area contributed by atoms with Crippen LogP contribution in [0.4, 0.5) is 5.69 Å². The maximum absolute atomic E-state index is 10.9. The molecule has 0 saturated carbocycles. The molecule has 0 spiro atoms. The van der Waals surface area contributed by atoms with Gasteiger partial charge < -0.3 is 14.7 Å². The molecule has 0 aromatic heterocycles. The van der Waals surface area contributed by atoms with Gasteiger partial charge in [-0.1, -0.05) is 19.9 Å². The van der Waals surface area contributed by atoms with Crippen molar-refractivity contribution >= 4 is 11.7 Å². The maximum Gasteiger partial charge on any atom is 0.304 e. The zero-order valence-electron chi connectivity index (χ0n) is 11.1. The van der Waals surface area contributed by atoms with Crippen molar-refractivity contribution in [2.24, 2.45) is 0 Å². The van der Waals surface area contributed by atoms with Gasteiger partial charge in [-0.2, -0.15) is 0 Å². The third-order valence-corrected chi connectivity index (χ3v) is 3.43. The van der Waals surface area contributed by atoms with Gasteiger partial charge in [-0.25, -0.2) is 0 Å². The summed E-state index contributed by atoms with van der Waals surface area (Å²) in [6.45, 7) is 5.43. The summed E-state index contributed by atoms with van der Waals surface area (Å²) in [5.41, 5.74) is 1.68. The molecule has 18 heavy (non-hydrogen) atoms. The summed E-state index contributed by atoms with van der Waals surface area (Å²) in [6, 6.07) is 5.97. The Balaban J connectivity index is 2.33. The van der Waals surface area contributed by atoms with E-state index in [1.165, 1.54) is 0 Å². The van der Waals surface area contributed by atoms with Gasteiger partial charge in [0.15, 0.2) is 0 Å². The molecule has 1 aliphatic heterocycles. The summed E-state index contributed by atoms with van der Waals surface area (Å²) in [5, 5.41) is 8.95. The molecule has 0 amide bonds. The van der Waals surface area contributed by atoms with E-state index in [2.05, 4.69) is 4.90 Å². The van der Waals surface area contributed by atoms with Crippen molar-refractivity contribution < 1.29 is 14.6 Å². The van der Waals surface area contributed by atoms with Gasteiger partial charge in [0.2, 0.25) is 0 Å². The highest BCUT2D eigenvalue weighted by Gasteiger charge is 2.26. The molecule has 1 N–H and O–H groups in total. The van der Waals surface area contributed by atoms with Crippen LogP contribution >= 0.6 is 0 Å². The molecule has 1 aliphatic rings. The van der Waals surface area contributed by atoms with Crippen LogP contribution in [0.25, 0.3) is 0 Å². The van der Waals surface area contributed by atoms with Crippen LogP contribution in [0.2, 0.25) is 0 Å². The molecular formula is C14H19NO3. The van der Waals surface area contributed by atoms with Crippen molar-refractivity contribution in [2.75, 3.05) is 25.1 Å². The Morgan fingerprint density at radius 1 is 1.50 bits per heavy atom. The van der Waals surface area contributed by atoms with Gasteiger partial charge in [-0.15, -0.1) is 0 Å². The lowest BCUT2D eigenvalue weighted by molar-refractivity contribution is -0.138. The van der Waals surface area contributed by atoms with Crippen LogP contribution in [0.1, 0.15) is 25.8 Å². The number of aliphatic carboxylic acids is 1. The smallest absolute Gasteiger partial charge is 0.304 e. The van der Waals surface area contributed by atoms with E-state index in [-0.39, 0.29) is 11.8 Å². The number of anilines is 1. The molecule has 0 unspecified atom stereocenters. The van der Waals surface area contributed by atoms with E-state index in [1.807, 2.05) is 39.1 Å². The first-order valence-corrected chi connectivity index (χ1v) is 6.10. The van der Waals surface area contributed by atoms with Crippen LogP contribution in [0.3, 0.4) is 0 Å². The van der Waals surface area contributed by atoms with Crippen LogP contribution in [0, 0.1) is 0 Å². The Labute approximate surface area is 107 Å². The summed E-state index contributed by atoms with van der Waals surface area (Å²) < 4.78 is 5.65. The first-order chi connectivity index (χ1) is 8.40. The molecule has 1 aromatic carbocycles. The van der Waals surface area contributed by atoms with E-state index >= 15 is 0 Å². The third kappa shape index (κ3) is 2.42. The zero-order valence-corrected chi connectivity index (χ0v) is 11.1. The Kier molecular flexibility index (Phi) is 3.20. The van der Waals surface area contributed by atoms with E-state index in [1.54, 1.807) is 0 Å². The van der Waals surface area contributed by atoms with Gasteiger partial charge in [-0.05, 0) is 17.7 Å². The Morgan fingerprint density at radius 2 is 2.22 bits per heavy atom. The second-order valence-corrected chi connectivity index (χ2v) is 5.41. The fourth-order valence-corrected chi connectivity index (χ4v) is 2.26. The summed E-state index contributed by atoms with van der Waals surface area (Å²) in [6.07, 6.45) is 0.113. The van der Waals surface area contributed by atoms with Gasteiger partial charge in [0.05, 0.1) is 18.7 Å². The van der Waals surface area contributed by atoms with Gasteiger partial charge in [0.1, 0.15) is 12.4 Å². The van der Waals surface area contributed by atoms with Gasteiger partial charge >= 0.3 is 5.97 Å². The lowest BCUT2D eigenvalue weighted by Gasteiger charge is -2.30. The highest BCUT2D eigenvalue weighted by atomic mass is 16.5. The number of fused-ring (bicyclic) bond motifs is 1. The largest absolute Gasteiger partial charge is 0.490 e. The normalized spacial score (nSPS) is 14.9. The predicted octanol–water partition coefficient (Wildman–Crippen LogP) is 2.27. The zero-order chi connectivity index (χ0) is 13.3. The standard InChI is InChI=1S/C14H19NO3/c1-14(2,9-13(16)17)10-4-5-11-12(8-10)18-7-6-15(11)3/h4-5,8H,6-7,9H2,1-3H3,(H,16,17). The first kappa shape index (κ1) is 12.7. The molecule has 0 bridgehead atoms. The number of benzene rings is 1. The second kappa shape index (κ2) is 4.52. The highest BCUT2D eigenvalue weighted by molar-refractivity contribution is 5.69. The minimum atomic E-state index is -0.782. The Bertz CT molecular complexity index is 468. The minimum absolute atomic E-state index is 0.113. The van der Waals surface area contributed by atoms with Crippen molar-refractivity contribution in [1.29, 1.82) is 0 Å². The number of hydrogen-bond acceptors (Lipinski definition) is 3. The molecule has 4 nitrogen and oxygen atoms in total. The van der Waals surface area contributed by atoms with E-state index in [0.717, 1.165) is 23.5 Å². The van der Waals surface area contributed by atoms with E-state index in [0.29, 0.717) is 6.61 Å². The molecule has 98 valence electrons. The number of carbonyl (C=O) groups is 1. The fourth-order valence-electron chi connectivity index (χ4n) is 2.26. The average molecular weight is 249 g/mol.